The van der Waals surface area contributed by atoms with Crippen LogP contribution in [0.3, 0.4) is 0 Å². The second-order valence-electron chi connectivity index (χ2n) is 6.30. The molecule has 4 heteroatoms. The van der Waals surface area contributed by atoms with Gasteiger partial charge in [-0.25, -0.2) is 4.98 Å². The van der Waals surface area contributed by atoms with E-state index in [0.717, 1.165) is 37.3 Å². The molecular weight excluding hydrogens is 286 g/mol. The molecule has 120 valence electrons. The van der Waals surface area contributed by atoms with Crippen molar-refractivity contribution in [3.63, 3.8) is 0 Å². The quantitative estimate of drug-likeness (QED) is 0.874. The standard InChI is InChI=1S/C19H23N3O/c1-21(2)18-13-16(10-11-20-18)19(23)22-12-6-9-17(14-22)15-7-4-3-5-8-15/h3-5,7-8,10-11,13,17H,6,9,12,14H2,1-2H3. The molecule has 0 aliphatic carbocycles. The molecule has 1 fully saturated rings. The fourth-order valence-electron chi connectivity index (χ4n) is 3.14. The molecule has 2 aromatic rings. The first-order chi connectivity index (χ1) is 11.1. The van der Waals surface area contributed by atoms with Gasteiger partial charge in [0.2, 0.25) is 0 Å². The molecule has 3 rings (SSSR count). The third-order valence-electron chi connectivity index (χ3n) is 4.43. The normalized spacial score (nSPS) is 17.8. The number of hydrogen-bond acceptors (Lipinski definition) is 3. The van der Waals surface area contributed by atoms with Crippen LogP contribution in [0.5, 0.6) is 0 Å². The van der Waals surface area contributed by atoms with Gasteiger partial charge in [-0.05, 0) is 30.5 Å². The third-order valence-corrected chi connectivity index (χ3v) is 4.43. The number of hydrogen-bond donors (Lipinski definition) is 0. The summed E-state index contributed by atoms with van der Waals surface area (Å²) in [7, 11) is 3.87. The van der Waals surface area contributed by atoms with E-state index in [4.69, 9.17) is 0 Å². The van der Waals surface area contributed by atoms with Crippen LogP contribution < -0.4 is 4.90 Å². The predicted molar refractivity (Wildman–Crippen MR) is 92.9 cm³/mol. The summed E-state index contributed by atoms with van der Waals surface area (Å²) in [5.74, 6) is 1.35. The fourth-order valence-corrected chi connectivity index (χ4v) is 3.14. The predicted octanol–water partition coefficient (Wildman–Crippen LogP) is 3.17. The van der Waals surface area contributed by atoms with E-state index in [1.165, 1.54) is 5.56 Å². The Balaban J connectivity index is 1.76. The molecular formula is C19H23N3O. The van der Waals surface area contributed by atoms with E-state index in [1.54, 1.807) is 6.20 Å². The number of piperidine rings is 1. The maximum Gasteiger partial charge on any atom is 0.254 e. The highest BCUT2D eigenvalue weighted by Gasteiger charge is 2.25. The molecule has 1 aliphatic rings. The Morgan fingerprint density at radius 3 is 2.74 bits per heavy atom. The van der Waals surface area contributed by atoms with E-state index < -0.39 is 0 Å². The molecule has 0 bridgehead atoms. The van der Waals surface area contributed by atoms with Crippen molar-refractivity contribution in [3.05, 3.63) is 59.8 Å². The second kappa shape index (κ2) is 6.82. The first kappa shape index (κ1) is 15.5. The Bertz CT molecular complexity index is 669. The van der Waals surface area contributed by atoms with Crippen LogP contribution in [0.25, 0.3) is 0 Å². The number of benzene rings is 1. The molecule has 0 saturated carbocycles. The number of nitrogens with zero attached hydrogens (tertiary/aromatic N) is 3. The van der Waals surface area contributed by atoms with Crippen molar-refractivity contribution >= 4 is 11.7 Å². The van der Waals surface area contributed by atoms with Crippen molar-refractivity contribution in [3.8, 4) is 0 Å². The number of aromatic nitrogens is 1. The minimum Gasteiger partial charge on any atom is -0.363 e. The van der Waals surface area contributed by atoms with Crippen LogP contribution in [0.15, 0.2) is 48.7 Å². The van der Waals surface area contributed by atoms with Crippen LogP contribution in [0.2, 0.25) is 0 Å². The van der Waals surface area contributed by atoms with Gasteiger partial charge in [0.05, 0.1) is 0 Å². The number of amides is 1. The average molecular weight is 309 g/mol. The topological polar surface area (TPSA) is 36.4 Å². The van der Waals surface area contributed by atoms with Gasteiger partial charge in [-0.2, -0.15) is 0 Å². The molecule has 0 N–H and O–H groups in total. The minimum atomic E-state index is 0.108. The summed E-state index contributed by atoms with van der Waals surface area (Å²) in [6, 6.07) is 14.2. The van der Waals surface area contributed by atoms with Crippen molar-refractivity contribution in [2.45, 2.75) is 18.8 Å². The van der Waals surface area contributed by atoms with Gasteiger partial charge in [-0.15, -0.1) is 0 Å². The summed E-state index contributed by atoms with van der Waals surface area (Å²) < 4.78 is 0. The van der Waals surface area contributed by atoms with Crippen molar-refractivity contribution in [2.24, 2.45) is 0 Å². The van der Waals surface area contributed by atoms with E-state index in [-0.39, 0.29) is 5.91 Å². The van der Waals surface area contributed by atoms with Crippen LogP contribution in [0, 0.1) is 0 Å². The molecule has 2 heterocycles. The Kier molecular flexibility index (Phi) is 4.60. The summed E-state index contributed by atoms with van der Waals surface area (Å²) in [5, 5.41) is 0. The molecule has 1 aromatic carbocycles. The molecule has 23 heavy (non-hydrogen) atoms. The lowest BCUT2D eigenvalue weighted by Crippen LogP contribution is -2.39. The number of carbonyl (C=O) groups excluding carboxylic acids is 1. The van der Waals surface area contributed by atoms with E-state index in [1.807, 2.05) is 42.1 Å². The van der Waals surface area contributed by atoms with E-state index >= 15 is 0 Å². The van der Waals surface area contributed by atoms with Gasteiger partial charge in [-0.3, -0.25) is 4.79 Å². The monoisotopic (exact) mass is 309 g/mol. The first-order valence-corrected chi connectivity index (χ1v) is 8.13. The maximum atomic E-state index is 12.8. The molecule has 1 aliphatic heterocycles. The van der Waals surface area contributed by atoms with Gasteiger partial charge in [0.15, 0.2) is 0 Å². The Labute approximate surface area is 137 Å². The zero-order chi connectivity index (χ0) is 16.2. The highest BCUT2D eigenvalue weighted by Crippen LogP contribution is 2.27. The summed E-state index contributed by atoms with van der Waals surface area (Å²) in [4.78, 5) is 21.0. The van der Waals surface area contributed by atoms with Crippen LogP contribution in [-0.2, 0) is 0 Å². The molecule has 1 amide bonds. The van der Waals surface area contributed by atoms with E-state index in [9.17, 15) is 4.79 Å². The Morgan fingerprint density at radius 2 is 2.00 bits per heavy atom. The van der Waals surface area contributed by atoms with Crippen molar-refractivity contribution < 1.29 is 4.79 Å². The lowest BCUT2D eigenvalue weighted by Gasteiger charge is -2.33. The molecule has 1 atom stereocenters. The van der Waals surface area contributed by atoms with Gasteiger partial charge < -0.3 is 9.80 Å². The number of rotatable bonds is 3. The van der Waals surface area contributed by atoms with Gasteiger partial charge in [-0.1, -0.05) is 30.3 Å². The highest BCUT2D eigenvalue weighted by atomic mass is 16.2. The molecule has 1 saturated heterocycles. The maximum absolute atomic E-state index is 12.8. The summed E-state index contributed by atoms with van der Waals surface area (Å²) in [6.07, 6.45) is 3.91. The lowest BCUT2D eigenvalue weighted by molar-refractivity contribution is 0.0707. The number of carbonyl (C=O) groups is 1. The van der Waals surface area contributed by atoms with Crippen molar-refractivity contribution in [1.82, 2.24) is 9.88 Å². The second-order valence-corrected chi connectivity index (χ2v) is 6.30. The third kappa shape index (κ3) is 3.52. The van der Waals surface area contributed by atoms with E-state index in [0.29, 0.717) is 5.92 Å². The highest BCUT2D eigenvalue weighted by molar-refractivity contribution is 5.95. The lowest BCUT2D eigenvalue weighted by atomic mass is 9.90. The van der Waals surface area contributed by atoms with Gasteiger partial charge >= 0.3 is 0 Å². The summed E-state index contributed by atoms with van der Waals surface area (Å²) in [5.41, 5.74) is 2.05. The number of anilines is 1. The molecule has 0 radical (unpaired) electrons. The number of likely N-dealkylation sites (tertiary alicyclic amines) is 1. The number of pyridine rings is 1. The van der Waals surface area contributed by atoms with Gasteiger partial charge in [0.25, 0.3) is 5.91 Å². The van der Waals surface area contributed by atoms with Crippen LogP contribution in [-0.4, -0.2) is 43.0 Å². The Hall–Kier alpha value is -2.36. The van der Waals surface area contributed by atoms with Gasteiger partial charge in [0.1, 0.15) is 5.82 Å². The molecule has 4 nitrogen and oxygen atoms in total. The van der Waals surface area contributed by atoms with Crippen LogP contribution in [0.4, 0.5) is 5.82 Å². The van der Waals surface area contributed by atoms with Gasteiger partial charge in [0, 0.05) is 44.9 Å². The minimum absolute atomic E-state index is 0.108. The molecule has 1 aromatic heterocycles. The van der Waals surface area contributed by atoms with Crippen LogP contribution >= 0.6 is 0 Å². The summed E-state index contributed by atoms with van der Waals surface area (Å²) in [6.45, 7) is 1.63. The average Bonchev–Trinajstić information content (AvgIpc) is 2.62. The smallest absolute Gasteiger partial charge is 0.254 e. The molecule has 1 unspecified atom stereocenters. The van der Waals surface area contributed by atoms with E-state index in [2.05, 4.69) is 29.2 Å². The molecule has 0 spiro atoms. The first-order valence-electron chi connectivity index (χ1n) is 8.13. The summed E-state index contributed by atoms with van der Waals surface area (Å²) >= 11 is 0. The Morgan fingerprint density at radius 1 is 1.22 bits per heavy atom. The zero-order valence-electron chi connectivity index (χ0n) is 13.8. The van der Waals surface area contributed by atoms with Crippen molar-refractivity contribution in [2.75, 3.05) is 32.1 Å². The SMILES string of the molecule is CN(C)c1cc(C(=O)N2CCCC(c3ccccc3)C2)ccn1. The fraction of sp³-hybridized carbons (Fsp3) is 0.368. The van der Waals surface area contributed by atoms with Crippen molar-refractivity contribution in [1.29, 1.82) is 0 Å². The zero-order valence-corrected chi connectivity index (χ0v) is 13.8. The largest absolute Gasteiger partial charge is 0.363 e. The van der Waals surface area contributed by atoms with Crippen LogP contribution in [0.1, 0.15) is 34.7 Å².